The predicted octanol–water partition coefficient (Wildman–Crippen LogP) is 2.97. The minimum absolute atomic E-state index is 0.270. The van der Waals surface area contributed by atoms with Crippen molar-refractivity contribution in [1.29, 1.82) is 0 Å². The molecule has 0 atom stereocenters. The molecule has 0 bridgehead atoms. The van der Waals surface area contributed by atoms with Crippen molar-refractivity contribution in [3.8, 4) is 0 Å². The number of esters is 1. The number of benzene rings is 1. The molecule has 1 rings (SSSR count). The van der Waals surface area contributed by atoms with E-state index >= 15 is 0 Å². The highest BCUT2D eigenvalue weighted by atomic mass is 32.2. The van der Waals surface area contributed by atoms with Gasteiger partial charge in [-0.15, -0.1) is 11.8 Å². The summed E-state index contributed by atoms with van der Waals surface area (Å²) in [6.45, 7) is 4.19. The number of methoxy groups -OCH3 is 1. The number of ether oxygens (including phenoxy) is 1. The number of hydrogen-bond acceptors (Lipinski definition) is 3. The van der Waals surface area contributed by atoms with Gasteiger partial charge in [-0.25, -0.2) is 4.79 Å². The largest absolute Gasteiger partial charge is 0.465 e. The van der Waals surface area contributed by atoms with Gasteiger partial charge in [0.2, 0.25) is 0 Å². The lowest BCUT2D eigenvalue weighted by Gasteiger charge is -2.08. The second-order valence-corrected chi connectivity index (χ2v) is 4.77. The maximum Gasteiger partial charge on any atom is 0.338 e. The molecule has 1 aromatic carbocycles. The van der Waals surface area contributed by atoms with Gasteiger partial charge in [-0.05, 0) is 12.1 Å². The monoisotopic (exact) mass is 210 g/mol. The first-order valence-electron chi connectivity index (χ1n) is 4.49. The number of rotatable bonds is 3. The lowest BCUT2D eigenvalue weighted by Crippen LogP contribution is -2.03. The average Bonchev–Trinajstić information content (AvgIpc) is 2.16. The average molecular weight is 210 g/mol. The Morgan fingerprint density at radius 2 is 2.00 bits per heavy atom. The molecule has 0 unspecified atom stereocenters. The molecule has 0 aliphatic carbocycles. The minimum atomic E-state index is -0.270. The number of hydrogen-bond donors (Lipinski definition) is 0. The van der Waals surface area contributed by atoms with Crippen molar-refractivity contribution in [3.63, 3.8) is 0 Å². The Balaban J connectivity index is 2.97. The summed E-state index contributed by atoms with van der Waals surface area (Å²) in [5.41, 5.74) is 0.647. The van der Waals surface area contributed by atoms with Crippen LogP contribution in [0.1, 0.15) is 24.2 Å². The highest BCUT2D eigenvalue weighted by molar-refractivity contribution is 8.00. The van der Waals surface area contributed by atoms with E-state index in [0.29, 0.717) is 10.8 Å². The molecule has 76 valence electrons. The van der Waals surface area contributed by atoms with E-state index in [0.717, 1.165) is 4.90 Å². The number of carbonyl (C=O) groups is 1. The highest BCUT2D eigenvalue weighted by Crippen LogP contribution is 2.26. The molecule has 0 saturated carbocycles. The maximum atomic E-state index is 11.4. The summed E-state index contributed by atoms with van der Waals surface area (Å²) in [6, 6.07) is 7.50. The van der Waals surface area contributed by atoms with E-state index in [1.807, 2.05) is 18.2 Å². The Labute approximate surface area is 88.7 Å². The third kappa shape index (κ3) is 2.77. The quantitative estimate of drug-likeness (QED) is 0.566. The Morgan fingerprint density at radius 3 is 2.57 bits per heavy atom. The Kier molecular flexibility index (Phi) is 4.01. The summed E-state index contributed by atoms with van der Waals surface area (Å²) in [7, 11) is 1.40. The molecule has 0 fully saturated rings. The SMILES string of the molecule is COC(=O)c1ccccc1SC(C)C. The van der Waals surface area contributed by atoms with Crippen molar-refractivity contribution in [3.05, 3.63) is 29.8 Å². The zero-order chi connectivity index (χ0) is 10.6. The molecule has 0 aromatic heterocycles. The molecular weight excluding hydrogens is 196 g/mol. The molecular formula is C11H14O2S. The van der Waals surface area contributed by atoms with Crippen LogP contribution >= 0.6 is 11.8 Å². The Hall–Kier alpha value is -0.960. The van der Waals surface area contributed by atoms with Crippen LogP contribution in [-0.4, -0.2) is 18.3 Å². The first kappa shape index (κ1) is 11.1. The van der Waals surface area contributed by atoms with Gasteiger partial charge >= 0.3 is 5.97 Å². The molecule has 3 heteroatoms. The van der Waals surface area contributed by atoms with Gasteiger partial charge in [-0.3, -0.25) is 0 Å². The zero-order valence-electron chi connectivity index (χ0n) is 8.61. The fourth-order valence-electron chi connectivity index (χ4n) is 1.10. The van der Waals surface area contributed by atoms with E-state index in [-0.39, 0.29) is 5.97 Å². The third-order valence-electron chi connectivity index (χ3n) is 1.66. The molecule has 0 aliphatic heterocycles. The lowest BCUT2D eigenvalue weighted by molar-refractivity contribution is 0.0597. The Bertz CT molecular complexity index is 321. The van der Waals surface area contributed by atoms with Crippen molar-refractivity contribution >= 4 is 17.7 Å². The van der Waals surface area contributed by atoms with Gasteiger partial charge in [0, 0.05) is 10.1 Å². The summed E-state index contributed by atoms with van der Waals surface area (Å²) in [6.07, 6.45) is 0. The van der Waals surface area contributed by atoms with E-state index in [1.54, 1.807) is 17.8 Å². The molecule has 1 aromatic rings. The van der Waals surface area contributed by atoms with Crippen LogP contribution in [0.4, 0.5) is 0 Å². The van der Waals surface area contributed by atoms with Crippen LogP contribution in [0.15, 0.2) is 29.2 Å². The van der Waals surface area contributed by atoms with Crippen LogP contribution in [0.2, 0.25) is 0 Å². The van der Waals surface area contributed by atoms with E-state index in [1.165, 1.54) is 7.11 Å². The summed E-state index contributed by atoms with van der Waals surface area (Å²) >= 11 is 1.67. The van der Waals surface area contributed by atoms with Crippen molar-refractivity contribution in [2.24, 2.45) is 0 Å². The van der Waals surface area contributed by atoms with Crippen LogP contribution in [0.25, 0.3) is 0 Å². The van der Waals surface area contributed by atoms with E-state index in [4.69, 9.17) is 4.74 Å². The molecule has 0 radical (unpaired) electrons. The van der Waals surface area contributed by atoms with Crippen molar-refractivity contribution < 1.29 is 9.53 Å². The molecule has 2 nitrogen and oxygen atoms in total. The van der Waals surface area contributed by atoms with Crippen molar-refractivity contribution in [1.82, 2.24) is 0 Å². The highest BCUT2D eigenvalue weighted by Gasteiger charge is 2.11. The Morgan fingerprint density at radius 1 is 1.36 bits per heavy atom. The summed E-state index contributed by atoms with van der Waals surface area (Å²) in [5, 5.41) is 0.459. The number of carbonyl (C=O) groups excluding carboxylic acids is 1. The van der Waals surface area contributed by atoms with Crippen molar-refractivity contribution in [2.75, 3.05) is 7.11 Å². The molecule has 0 heterocycles. The van der Waals surface area contributed by atoms with Crippen LogP contribution in [-0.2, 0) is 4.74 Å². The molecule has 0 aliphatic rings. The molecule has 0 amide bonds. The van der Waals surface area contributed by atoms with E-state index in [9.17, 15) is 4.79 Å². The third-order valence-corrected chi connectivity index (χ3v) is 2.74. The molecule has 0 N–H and O–H groups in total. The van der Waals surface area contributed by atoms with E-state index < -0.39 is 0 Å². The summed E-state index contributed by atoms with van der Waals surface area (Å²) < 4.78 is 4.71. The number of thioether (sulfide) groups is 1. The van der Waals surface area contributed by atoms with Gasteiger partial charge in [0.25, 0.3) is 0 Å². The van der Waals surface area contributed by atoms with Crippen LogP contribution in [0.3, 0.4) is 0 Å². The summed E-state index contributed by atoms with van der Waals surface area (Å²) in [4.78, 5) is 12.4. The topological polar surface area (TPSA) is 26.3 Å². The maximum absolute atomic E-state index is 11.4. The first-order chi connectivity index (χ1) is 6.65. The normalized spacial score (nSPS) is 10.3. The van der Waals surface area contributed by atoms with Gasteiger partial charge in [0.15, 0.2) is 0 Å². The summed E-state index contributed by atoms with van der Waals surface area (Å²) in [5.74, 6) is -0.270. The standard InChI is InChI=1S/C11H14O2S/c1-8(2)14-10-7-5-4-6-9(10)11(12)13-3/h4-8H,1-3H3. The second-order valence-electron chi connectivity index (χ2n) is 3.15. The molecule has 14 heavy (non-hydrogen) atoms. The van der Waals surface area contributed by atoms with Gasteiger partial charge in [0.05, 0.1) is 12.7 Å². The minimum Gasteiger partial charge on any atom is -0.465 e. The van der Waals surface area contributed by atoms with Gasteiger partial charge < -0.3 is 4.74 Å². The lowest BCUT2D eigenvalue weighted by atomic mass is 10.2. The first-order valence-corrected chi connectivity index (χ1v) is 5.37. The fraction of sp³-hybridized carbons (Fsp3) is 0.364. The molecule has 0 saturated heterocycles. The van der Waals surface area contributed by atoms with Crippen LogP contribution in [0.5, 0.6) is 0 Å². The van der Waals surface area contributed by atoms with Crippen LogP contribution in [0, 0.1) is 0 Å². The molecule has 0 spiro atoms. The smallest absolute Gasteiger partial charge is 0.338 e. The van der Waals surface area contributed by atoms with Crippen LogP contribution < -0.4 is 0 Å². The van der Waals surface area contributed by atoms with Gasteiger partial charge in [-0.2, -0.15) is 0 Å². The fourth-order valence-corrected chi connectivity index (χ4v) is 2.05. The second kappa shape index (κ2) is 5.05. The zero-order valence-corrected chi connectivity index (χ0v) is 9.43. The van der Waals surface area contributed by atoms with Gasteiger partial charge in [-0.1, -0.05) is 26.0 Å². The van der Waals surface area contributed by atoms with Crippen molar-refractivity contribution in [2.45, 2.75) is 24.0 Å². The predicted molar refractivity (Wildman–Crippen MR) is 58.8 cm³/mol. The van der Waals surface area contributed by atoms with E-state index in [2.05, 4.69) is 13.8 Å². The van der Waals surface area contributed by atoms with Gasteiger partial charge in [0.1, 0.15) is 0 Å².